The van der Waals surface area contributed by atoms with Gasteiger partial charge in [0, 0.05) is 12.6 Å². The van der Waals surface area contributed by atoms with Gasteiger partial charge in [-0.2, -0.15) is 0 Å². The van der Waals surface area contributed by atoms with Crippen molar-refractivity contribution >= 4 is 0 Å². The molecule has 2 nitrogen and oxygen atoms in total. The summed E-state index contributed by atoms with van der Waals surface area (Å²) in [5, 5.41) is 13.0. The van der Waals surface area contributed by atoms with E-state index in [0.29, 0.717) is 0 Å². The maximum Gasteiger partial charge on any atom is 0.131 e. The molecule has 0 radical (unpaired) electrons. The first-order valence-corrected chi connectivity index (χ1v) is 6.19. The Labute approximate surface area is 105 Å². The van der Waals surface area contributed by atoms with Gasteiger partial charge in [0.25, 0.3) is 0 Å². The number of allylic oxidation sites excluding steroid dienone is 1. The fourth-order valence-electron chi connectivity index (χ4n) is 2.19. The molecule has 2 unspecified atom stereocenters. The second-order valence-electron chi connectivity index (χ2n) is 4.54. The van der Waals surface area contributed by atoms with Crippen LogP contribution < -0.4 is 5.32 Å². The van der Waals surface area contributed by atoms with Crippen molar-refractivity contribution in [1.82, 2.24) is 5.32 Å². The molecule has 0 amide bonds. The Morgan fingerprint density at radius 2 is 2.00 bits per heavy atom. The maximum atomic E-state index is 13.4. The van der Waals surface area contributed by atoms with Crippen molar-refractivity contribution in [2.75, 3.05) is 6.54 Å². The fourth-order valence-corrected chi connectivity index (χ4v) is 2.19. The first kappa shape index (κ1) is 13.2. The SMILES string of the molecule is OC(CNC1CC=CCC1)c1c(F)cccc1F. The number of halogens is 2. The molecule has 2 rings (SSSR count). The Morgan fingerprint density at radius 3 is 2.61 bits per heavy atom. The first-order chi connectivity index (χ1) is 8.68. The minimum Gasteiger partial charge on any atom is -0.387 e. The predicted octanol–water partition coefficient (Wildman–Crippen LogP) is 2.70. The van der Waals surface area contributed by atoms with E-state index in [1.807, 2.05) is 0 Å². The van der Waals surface area contributed by atoms with E-state index in [-0.39, 0.29) is 18.2 Å². The zero-order valence-corrected chi connectivity index (χ0v) is 10.1. The van der Waals surface area contributed by atoms with Crippen LogP contribution in [0.2, 0.25) is 0 Å². The van der Waals surface area contributed by atoms with Gasteiger partial charge in [-0.25, -0.2) is 8.78 Å². The molecule has 0 bridgehead atoms. The lowest BCUT2D eigenvalue weighted by atomic mass is 10.0. The standard InChI is InChI=1S/C14H17F2NO/c15-11-7-4-8-12(16)14(11)13(18)9-17-10-5-2-1-3-6-10/h1-2,4,7-8,10,13,17-18H,3,5-6,9H2. The lowest BCUT2D eigenvalue weighted by molar-refractivity contribution is 0.159. The van der Waals surface area contributed by atoms with E-state index < -0.39 is 17.7 Å². The van der Waals surface area contributed by atoms with Gasteiger partial charge < -0.3 is 10.4 Å². The molecule has 2 atom stereocenters. The molecule has 0 spiro atoms. The molecule has 1 aromatic carbocycles. The molecule has 4 heteroatoms. The van der Waals surface area contributed by atoms with Crippen molar-refractivity contribution in [1.29, 1.82) is 0 Å². The average molecular weight is 253 g/mol. The molecule has 0 fully saturated rings. The van der Waals surface area contributed by atoms with E-state index in [1.165, 1.54) is 6.07 Å². The number of rotatable bonds is 4. The third kappa shape index (κ3) is 3.15. The van der Waals surface area contributed by atoms with Crippen LogP contribution in [0.4, 0.5) is 8.78 Å². The van der Waals surface area contributed by atoms with Crippen molar-refractivity contribution in [3.8, 4) is 0 Å². The number of hydrogen-bond acceptors (Lipinski definition) is 2. The molecule has 98 valence electrons. The molecule has 1 aliphatic rings. The van der Waals surface area contributed by atoms with E-state index in [1.54, 1.807) is 0 Å². The molecule has 0 aromatic heterocycles. The maximum absolute atomic E-state index is 13.4. The van der Waals surface area contributed by atoms with Gasteiger partial charge in [0.1, 0.15) is 11.6 Å². The zero-order chi connectivity index (χ0) is 13.0. The Balaban J connectivity index is 1.95. The van der Waals surface area contributed by atoms with Crippen molar-refractivity contribution in [3.05, 3.63) is 47.5 Å². The second kappa shape index (κ2) is 6.07. The minimum absolute atomic E-state index is 0.163. The van der Waals surface area contributed by atoms with Crippen LogP contribution in [-0.2, 0) is 0 Å². The van der Waals surface area contributed by atoms with E-state index in [4.69, 9.17) is 0 Å². The third-order valence-electron chi connectivity index (χ3n) is 3.20. The summed E-state index contributed by atoms with van der Waals surface area (Å²) in [6.07, 6.45) is 5.93. The second-order valence-corrected chi connectivity index (χ2v) is 4.54. The molecule has 18 heavy (non-hydrogen) atoms. The summed E-state index contributed by atoms with van der Waals surface area (Å²) in [6.45, 7) is 0.163. The molecular formula is C14H17F2NO. The van der Waals surface area contributed by atoms with Crippen LogP contribution in [0, 0.1) is 11.6 Å². The number of aliphatic hydroxyl groups excluding tert-OH is 1. The molecular weight excluding hydrogens is 236 g/mol. The van der Waals surface area contributed by atoms with Crippen molar-refractivity contribution in [2.24, 2.45) is 0 Å². The molecule has 1 aromatic rings. The highest BCUT2D eigenvalue weighted by Gasteiger charge is 2.19. The normalized spacial score (nSPS) is 20.9. The fraction of sp³-hybridized carbons (Fsp3) is 0.429. The van der Waals surface area contributed by atoms with Crippen LogP contribution in [0.3, 0.4) is 0 Å². The van der Waals surface area contributed by atoms with E-state index in [0.717, 1.165) is 31.4 Å². The van der Waals surface area contributed by atoms with Gasteiger partial charge >= 0.3 is 0 Å². The Hall–Kier alpha value is -1.26. The number of nitrogens with one attached hydrogen (secondary N) is 1. The number of hydrogen-bond donors (Lipinski definition) is 2. The summed E-state index contributed by atoms with van der Waals surface area (Å²) in [5.74, 6) is -1.40. The minimum atomic E-state index is -1.16. The topological polar surface area (TPSA) is 32.3 Å². The average Bonchev–Trinajstić information content (AvgIpc) is 2.37. The lowest BCUT2D eigenvalue weighted by Crippen LogP contribution is -2.33. The van der Waals surface area contributed by atoms with Gasteiger partial charge in [-0.3, -0.25) is 0 Å². The van der Waals surface area contributed by atoms with Crippen LogP contribution in [0.1, 0.15) is 30.9 Å². The third-order valence-corrected chi connectivity index (χ3v) is 3.20. The van der Waals surface area contributed by atoms with E-state index in [2.05, 4.69) is 17.5 Å². The highest BCUT2D eigenvalue weighted by atomic mass is 19.1. The van der Waals surface area contributed by atoms with Gasteiger partial charge in [-0.1, -0.05) is 18.2 Å². The van der Waals surface area contributed by atoms with Crippen LogP contribution in [-0.4, -0.2) is 17.7 Å². The van der Waals surface area contributed by atoms with Crippen LogP contribution in [0.15, 0.2) is 30.4 Å². The monoisotopic (exact) mass is 253 g/mol. The Kier molecular flexibility index (Phi) is 4.44. The van der Waals surface area contributed by atoms with Gasteiger partial charge in [-0.05, 0) is 31.4 Å². The van der Waals surface area contributed by atoms with E-state index in [9.17, 15) is 13.9 Å². The molecule has 2 N–H and O–H groups in total. The van der Waals surface area contributed by atoms with Crippen molar-refractivity contribution in [3.63, 3.8) is 0 Å². The van der Waals surface area contributed by atoms with Crippen LogP contribution in [0.25, 0.3) is 0 Å². The lowest BCUT2D eigenvalue weighted by Gasteiger charge is -2.21. The van der Waals surface area contributed by atoms with Crippen molar-refractivity contribution < 1.29 is 13.9 Å². The van der Waals surface area contributed by atoms with Gasteiger partial charge in [0.15, 0.2) is 0 Å². The highest BCUT2D eigenvalue weighted by Crippen LogP contribution is 2.20. The van der Waals surface area contributed by atoms with E-state index >= 15 is 0 Å². The Bertz CT molecular complexity index is 414. The molecule has 0 heterocycles. The summed E-state index contributed by atoms with van der Waals surface area (Å²) < 4.78 is 26.9. The molecule has 0 saturated carbocycles. The van der Waals surface area contributed by atoms with Gasteiger partial charge in [0.2, 0.25) is 0 Å². The number of benzene rings is 1. The summed E-state index contributed by atoms with van der Waals surface area (Å²) in [4.78, 5) is 0. The molecule has 1 aliphatic carbocycles. The highest BCUT2D eigenvalue weighted by molar-refractivity contribution is 5.22. The largest absolute Gasteiger partial charge is 0.387 e. The smallest absolute Gasteiger partial charge is 0.131 e. The van der Waals surface area contributed by atoms with Gasteiger partial charge in [-0.15, -0.1) is 0 Å². The Morgan fingerprint density at radius 1 is 1.28 bits per heavy atom. The number of aliphatic hydroxyl groups is 1. The predicted molar refractivity (Wildman–Crippen MR) is 66.1 cm³/mol. The van der Waals surface area contributed by atoms with Crippen LogP contribution >= 0.6 is 0 Å². The summed E-state index contributed by atoms with van der Waals surface area (Å²) in [7, 11) is 0. The molecule has 0 aliphatic heterocycles. The summed E-state index contributed by atoms with van der Waals surface area (Å²) in [6, 6.07) is 3.88. The van der Waals surface area contributed by atoms with Crippen molar-refractivity contribution in [2.45, 2.75) is 31.4 Å². The molecule has 0 saturated heterocycles. The summed E-state index contributed by atoms with van der Waals surface area (Å²) >= 11 is 0. The van der Waals surface area contributed by atoms with Crippen LogP contribution in [0.5, 0.6) is 0 Å². The zero-order valence-electron chi connectivity index (χ0n) is 10.1. The quantitative estimate of drug-likeness (QED) is 0.809. The van der Waals surface area contributed by atoms with Gasteiger partial charge in [0.05, 0.1) is 11.7 Å². The summed E-state index contributed by atoms with van der Waals surface area (Å²) in [5.41, 5.74) is -0.253. The first-order valence-electron chi connectivity index (χ1n) is 6.19.